The van der Waals surface area contributed by atoms with Crippen LogP contribution in [-0.4, -0.2) is 31.9 Å². The second kappa shape index (κ2) is 19.3. The number of hydrogen-bond acceptors (Lipinski definition) is 6. The Labute approximate surface area is 197 Å². The van der Waals surface area contributed by atoms with Crippen molar-refractivity contribution in [2.75, 3.05) is 11.5 Å². The Morgan fingerprint density at radius 2 is 0.893 bits per heavy atom. The molecule has 0 fully saturated rings. The van der Waals surface area contributed by atoms with Crippen LogP contribution in [0.5, 0.6) is 0 Å². The van der Waals surface area contributed by atoms with Crippen molar-refractivity contribution in [1.29, 1.82) is 0 Å². The van der Waals surface area contributed by atoms with Crippen LogP contribution >= 0.6 is 0 Å². The number of carbonyl (C=O) groups excluding carboxylic acids is 2. The number of hydrogen-bond donors (Lipinski definition) is 0. The minimum absolute atomic E-state index is 0. The monoisotopic (exact) mass is 608 g/mol. The fourth-order valence-electron chi connectivity index (χ4n) is 1.53. The van der Waals surface area contributed by atoms with Crippen molar-refractivity contribution in [3.05, 3.63) is 60.7 Å². The van der Waals surface area contributed by atoms with Crippen LogP contribution in [-0.2, 0) is 72.0 Å². The van der Waals surface area contributed by atoms with E-state index in [0.717, 1.165) is 23.6 Å². The smallest absolute Gasteiger partial charge is 0.550 e. The van der Waals surface area contributed by atoms with Crippen LogP contribution in [0.2, 0.25) is 0 Å². The maximum Gasteiger partial charge on any atom is 2.00 e. The van der Waals surface area contributed by atoms with Crippen molar-refractivity contribution >= 4 is 33.5 Å². The van der Waals surface area contributed by atoms with Gasteiger partial charge in [-0.15, -0.1) is 0 Å². The normalized spacial score (nSPS) is 10.8. The third-order valence-corrected chi connectivity index (χ3v) is 5.47. The Bertz CT molecular complexity index is 656. The average Bonchev–Trinajstić information content (AvgIpc) is 2.60. The molecule has 10 heteroatoms. The van der Waals surface area contributed by atoms with Crippen molar-refractivity contribution in [2.45, 2.75) is 23.6 Å². The molecule has 0 heterocycles. The van der Waals surface area contributed by atoms with Gasteiger partial charge in [-0.1, -0.05) is 36.4 Å². The molecule has 2 rings (SSSR count). The van der Waals surface area contributed by atoms with E-state index in [1.54, 1.807) is 0 Å². The first-order chi connectivity index (χ1) is 12.2. The zero-order valence-electron chi connectivity index (χ0n) is 15.1. The van der Waals surface area contributed by atoms with Crippen molar-refractivity contribution in [1.82, 2.24) is 0 Å². The third kappa shape index (κ3) is 18.4. The van der Waals surface area contributed by atoms with Gasteiger partial charge in [0.15, 0.2) is 0 Å². The third-order valence-electron chi connectivity index (χ3n) is 2.47. The van der Waals surface area contributed by atoms with Crippen molar-refractivity contribution < 1.29 is 69.1 Å². The second-order valence-electron chi connectivity index (χ2n) is 4.71. The van der Waals surface area contributed by atoms with Crippen LogP contribution in [0.1, 0.15) is 13.8 Å². The molecule has 0 amide bonds. The Hall–Kier alpha value is -0.995. The van der Waals surface area contributed by atoms with Gasteiger partial charge in [-0.25, -0.2) is 0 Å². The number of rotatable bonds is 5. The molecular formula is C18H20O6Pd2S2+2. The standard InChI is InChI=1S/C14H14O2S2.2C2H4O2.2Pd/c15-17(13-7-3-1-4-8-13)11-12-18(16)14-9-5-2-6-10-14;2*1-2(3)4;;/h1-10H,11-12H2;2*1H3,(H,3,4);;/q;;;2*+2/p-2. The number of aliphatic carboxylic acids is 2. The molecule has 0 saturated heterocycles. The van der Waals surface area contributed by atoms with Gasteiger partial charge in [-0.05, 0) is 38.1 Å². The number of carbonyl (C=O) groups is 2. The van der Waals surface area contributed by atoms with Gasteiger partial charge in [0.05, 0.1) is 21.6 Å². The summed E-state index contributed by atoms with van der Waals surface area (Å²) in [5.41, 5.74) is 0. The van der Waals surface area contributed by atoms with Crippen LogP contribution in [0.3, 0.4) is 0 Å². The molecule has 0 spiro atoms. The summed E-state index contributed by atoms with van der Waals surface area (Å²) in [6.07, 6.45) is 0. The molecule has 28 heavy (non-hydrogen) atoms. The molecule has 0 aliphatic carbocycles. The minimum Gasteiger partial charge on any atom is -0.550 e. The van der Waals surface area contributed by atoms with Crippen LogP contribution in [0, 0.1) is 0 Å². The Morgan fingerprint density at radius 1 is 0.679 bits per heavy atom. The molecule has 2 aromatic carbocycles. The fourth-order valence-corrected chi connectivity index (χ4v) is 4.14. The van der Waals surface area contributed by atoms with E-state index in [1.165, 1.54) is 0 Å². The van der Waals surface area contributed by atoms with Gasteiger partial charge in [0.2, 0.25) is 0 Å². The van der Waals surface area contributed by atoms with Gasteiger partial charge in [-0.3, -0.25) is 8.42 Å². The molecule has 0 saturated carbocycles. The summed E-state index contributed by atoms with van der Waals surface area (Å²) < 4.78 is 23.9. The van der Waals surface area contributed by atoms with Gasteiger partial charge in [0, 0.05) is 33.2 Å². The molecule has 0 bridgehead atoms. The van der Waals surface area contributed by atoms with Crippen molar-refractivity contribution in [3.63, 3.8) is 0 Å². The molecule has 6 nitrogen and oxygen atoms in total. The number of carboxylic acid groups (broad SMARTS) is 2. The predicted molar refractivity (Wildman–Crippen MR) is 96.8 cm³/mol. The van der Waals surface area contributed by atoms with E-state index in [4.69, 9.17) is 19.8 Å². The first-order valence-corrected chi connectivity index (χ1v) is 10.1. The van der Waals surface area contributed by atoms with E-state index < -0.39 is 33.5 Å². The van der Waals surface area contributed by atoms with E-state index in [0.29, 0.717) is 11.5 Å². The minimum atomic E-state index is -1.08. The van der Waals surface area contributed by atoms with Gasteiger partial charge in [0.25, 0.3) is 0 Å². The molecule has 0 aromatic heterocycles. The van der Waals surface area contributed by atoms with Crippen molar-refractivity contribution in [3.8, 4) is 0 Å². The fraction of sp³-hybridized carbons (Fsp3) is 0.222. The molecule has 0 aliphatic rings. The van der Waals surface area contributed by atoms with Crippen LogP contribution in [0.4, 0.5) is 0 Å². The van der Waals surface area contributed by atoms with E-state index in [9.17, 15) is 8.42 Å². The summed E-state index contributed by atoms with van der Waals surface area (Å²) in [6, 6.07) is 18.6. The van der Waals surface area contributed by atoms with Gasteiger partial charge >= 0.3 is 40.8 Å². The average molecular weight is 609 g/mol. The summed E-state index contributed by atoms with van der Waals surface area (Å²) >= 11 is 0. The maximum atomic E-state index is 12.0. The van der Waals surface area contributed by atoms with Gasteiger partial charge in [-0.2, -0.15) is 0 Å². The number of carboxylic acids is 2. The SMILES string of the molecule is CC(=O)[O-].CC(=O)[O-].O=S(CCS(=O)c1ccccc1)c1ccccc1.[Pd+2].[Pd+2]. The zero-order valence-corrected chi connectivity index (χ0v) is 19.8. The molecule has 0 N–H and O–H groups in total. The molecular weight excluding hydrogens is 589 g/mol. The molecule has 0 aliphatic heterocycles. The number of benzene rings is 2. The molecule has 2 atom stereocenters. The summed E-state index contributed by atoms with van der Waals surface area (Å²) in [5, 5.41) is 17.8. The molecule has 2 aromatic rings. The quantitative estimate of drug-likeness (QED) is 0.445. The first-order valence-electron chi connectivity index (χ1n) is 7.46. The van der Waals surface area contributed by atoms with E-state index in [-0.39, 0.29) is 40.8 Å². The van der Waals surface area contributed by atoms with Crippen LogP contribution in [0.15, 0.2) is 70.5 Å². The van der Waals surface area contributed by atoms with Crippen LogP contribution in [0.25, 0.3) is 0 Å². The van der Waals surface area contributed by atoms with Gasteiger partial charge in [0.1, 0.15) is 0 Å². The summed E-state index contributed by atoms with van der Waals surface area (Å²) in [5.74, 6) is -1.32. The summed E-state index contributed by atoms with van der Waals surface area (Å²) in [4.78, 5) is 19.4. The predicted octanol–water partition coefficient (Wildman–Crippen LogP) is 0.109. The maximum absolute atomic E-state index is 12.0. The Balaban J connectivity index is -0.000000537. The zero-order chi connectivity index (χ0) is 19.9. The molecule has 2 unspecified atom stereocenters. The topological polar surface area (TPSA) is 114 Å². The largest absolute Gasteiger partial charge is 2.00 e. The Morgan fingerprint density at radius 3 is 1.11 bits per heavy atom. The second-order valence-corrected chi connectivity index (χ2v) is 7.85. The summed E-state index contributed by atoms with van der Waals surface area (Å²) in [7, 11) is -2.14. The van der Waals surface area contributed by atoms with Crippen LogP contribution < -0.4 is 10.2 Å². The van der Waals surface area contributed by atoms with E-state index >= 15 is 0 Å². The van der Waals surface area contributed by atoms with Crippen molar-refractivity contribution in [2.24, 2.45) is 0 Å². The Kier molecular flexibility index (Phi) is 21.9. The van der Waals surface area contributed by atoms with Gasteiger partial charge < -0.3 is 19.8 Å². The van der Waals surface area contributed by atoms with E-state index in [2.05, 4.69) is 0 Å². The summed E-state index contributed by atoms with van der Waals surface area (Å²) in [6.45, 7) is 1.94. The van der Waals surface area contributed by atoms with E-state index in [1.807, 2.05) is 60.7 Å². The molecule has 0 radical (unpaired) electrons. The molecule has 158 valence electrons. The first kappa shape index (κ1) is 31.7.